The number of hydrogen-bond donors (Lipinski definition) is 1. The third-order valence-corrected chi connectivity index (χ3v) is 6.07. The van der Waals surface area contributed by atoms with Crippen molar-refractivity contribution in [2.45, 2.75) is 32.2 Å². The maximum atomic E-state index is 11.5. The van der Waals surface area contributed by atoms with E-state index in [0.29, 0.717) is 32.2 Å². The molecule has 0 aromatic carbocycles. The number of aliphatic carboxylic acids is 1. The SMILES string of the molecule is O=C(O)C1CCn2cc(CC3CCS(=O)(=O)C3)nc2C1. The van der Waals surface area contributed by atoms with E-state index in [4.69, 9.17) is 5.11 Å². The summed E-state index contributed by atoms with van der Waals surface area (Å²) < 4.78 is 24.9. The maximum Gasteiger partial charge on any atom is 0.307 e. The Hall–Kier alpha value is -1.37. The summed E-state index contributed by atoms with van der Waals surface area (Å²) in [4.78, 5) is 15.5. The predicted octanol–water partition coefficient (Wildman–Crippen LogP) is 0.507. The summed E-state index contributed by atoms with van der Waals surface area (Å²) in [6, 6.07) is 0. The third-order valence-electron chi connectivity index (χ3n) is 4.23. The zero-order valence-corrected chi connectivity index (χ0v) is 12.0. The molecule has 1 N–H and O–H groups in total. The van der Waals surface area contributed by atoms with Gasteiger partial charge in [0.15, 0.2) is 9.84 Å². The highest BCUT2D eigenvalue weighted by Crippen LogP contribution is 2.25. The van der Waals surface area contributed by atoms with Gasteiger partial charge >= 0.3 is 5.97 Å². The molecule has 20 heavy (non-hydrogen) atoms. The number of nitrogens with zero attached hydrogens (tertiary/aromatic N) is 2. The minimum atomic E-state index is -2.85. The average Bonchev–Trinajstić information content (AvgIpc) is 2.91. The average molecular weight is 298 g/mol. The summed E-state index contributed by atoms with van der Waals surface area (Å²) in [5, 5.41) is 9.05. The molecule has 3 heterocycles. The molecule has 0 saturated carbocycles. The molecular formula is C13H18N2O4S. The van der Waals surface area contributed by atoms with Crippen molar-refractivity contribution in [1.82, 2.24) is 9.55 Å². The van der Waals surface area contributed by atoms with Crippen molar-refractivity contribution in [1.29, 1.82) is 0 Å². The molecule has 0 spiro atoms. The van der Waals surface area contributed by atoms with Gasteiger partial charge in [-0.15, -0.1) is 0 Å². The molecule has 2 atom stereocenters. The van der Waals surface area contributed by atoms with Crippen LogP contribution in [0.1, 0.15) is 24.4 Å². The van der Waals surface area contributed by atoms with E-state index in [1.54, 1.807) is 0 Å². The number of carboxylic acids is 1. The lowest BCUT2D eigenvalue weighted by Gasteiger charge is -2.19. The molecule has 2 unspecified atom stereocenters. The van der Waals surface area contributed by atoms with Gasteiger partial charge in [-0.25, -0.2) is 13.4 Å². The first-order chi connectivity index (χ1) is 9.43. The van der Waals surface area contributed by atoms with Crippen molar-refractivity contribution in [3.05, 3.63) is 17.7 Å². The van der Waals surface area contributed by atoms with Crippen LogP contribution in [-0.2, 0) is 34.0 Å². The monoisotopic (exact) mass is 298 g/mol. The quantitative estimate of drug-likeness (QED) is 0.878. The molecule has 1 aromatic rings. The molecular weight excluding hydrogens is 280 g/mol. The van der Waals surface area contributed by atoms with Gasteiger partial charge in [-0.3, -0.25) is 4.79 Å². The Bertz CT molecular complexity index is 635. The fraction of sp³-hybridized carbons (Fsp3) is 0.692. The minimum absolute atomic E-state index is 0.159. The smallest absolute Gasteiger partial charge is 0.307 e. The van der Waals surface area contributed by atoms with Gasteiger partial charge in [-0.05, 0) is 25.2 Å². The zero-order valence-electron chi connectivity index (χ0n) is 11.2. The Morgan fingerprint density at radius 1 is 1.45 bits per heavy atom. The minimum Gasteiger partial charge on any atom is -0.481 e. The van der Waals surface area contributed by atoms with Crippen LogP contribution in [-0.4, -0.2) is 40.6 Å². The highest BCUT2D eigenvalue weighted by molar-refractivity contribution is 7.91. The standard InChI is InChI=1S/C13H18N2O4S/c16-13(17)10-1-3-15-7-11(14-12(15)6-10)5-9-2-4-20(18,19)8-9/h7,9-10H,1-6,8H2,(H,16,17). The molecule has 0 aliphatic carbocycles. The van der Waals surface area contributed by atoms with E-state index in [2.05, 4.69) is 4.98 Å². The lowest BCUT2D eigenvalue weighted by molar-refractivity contribution is -0.142. The molecule has 6 nitrogen and oxygen atoms in total. The van der Waals surface area contributed by atoms with Gasteiger partial charge in [-0.2, -0.15) is 0 Å². The molecule has 1 saturated heterocycles. The van der Waals surface area contributed by atoms with E-state index >= 15 is 0 Å². The Labute approximate surface area is 117 Å². The van der Waals surface area contributed by atoms with Gasteiger partial charge in [0.05, 0.1) is 23.1 Å². The number of aryl methyl sites for hydroxylation is 1. The van der Waals surface area contributed by atoms with Crippen LogP contribution >= 0.6 is 0 Å². The second-order valence-corrected chi connectivity index (χ2v) is 8.07. The van der Waals surface area contributed by atoms with Crippen LogP contribution in [0.3, 0.4) is 0 Å². The molecule has 110 valence electrons. The molecule has 1 aromatic heterocycles. The molecule has 2 aliphatic rings. The van der Waals surface area contributed by atoms with Crippen LogP contribution in [0, 0.1) is 11.8 Å². The fourth-order valence-electron chi connectivity index (χ4n) is 3.13. The first-order valence-electron chi connectivity index (χ1n) is 6.91. The Balaban J connectivity index is 1.70. The summed E-state index contributed by atoms with van der Waals surface area (Å²) in [5.41, 5.74) is 0.896. The predicted molar refractivity (Wildman–Crippen MR) is 72.1 cm³/mol. The number of sulfone groups is 1. The summed E-state index contributed by atoms with van der Waals surface area (Å²) in [5.74, 6) is 0.415. The van der Waals surface area contributed by atoms with Gasteiger partial charge in [0.1, 0.15) is 5.82 Å². The normalized spacial score (nSPS) is 28.2. The first kappa shape index (κ1) is 13.6. The molecule has 2 aliphatic heterocycles. The lowest BCUT2D eigenvalue weighted by atomic mass is 9.98. The van der Waals surface area contributed by atoms with E-state index in [1.165, 1.54) is 0 Å². The van der Waals surface area contributed by atoms with Crippen LogP contribution in [0.4, 0.5) is 0 Å². The number of rotatable bonds is 3. The summed E-state index contributed by atoms with van der Waals surface area (Å²) in [7, 11) is -2.85. The van der Waals surface area contributed by atoms with Crippen molar-refractivity contribution < 1.29 is 18.3 Å². The topological polar surface area (TPSA) is 89.3 Å². The Morgan fingerprint density at radius 2 is 2.25 bits per heavy atom. The largest absolute Gasteiger partial charge is 0.481 e. The second-order valence-electron chi connectivity index (χ2n) is 5.84. The Morgan fingerprint density at radius 3 is 2.90 bits per heavy atom. The van der Waals surface area contributed by atoms with Crippen molar-refractivity contribution in [2.24, 2.45) is 11.8 Å². The molecule has 3 rings (SSSR count). The number of aromatic nitrogens is 2. The number of hydrogen-bond acceptors (Lipinski definition) is 4. The summed E-state index contributed by atoms with van der Waals surface area (Å²) in [6.07, 6.45) is 4.45. The van der Waals surface area contributed by atoms with E-state index in [0.717, 1.165) is 11.5 Å². The molecule has 1 fully saturated rings. The van der Waals surface area contributed by atoms with Gasteiger partial charge < -0.3 is 9.67 Å². The maximum absolute atomic E-state index is 11.5. The van der Waals surface area contributed by atoms with Crippen LogP contribution in [0.25, 0.3) is 0 Å². The highest BCUT2D eigenvalue weighted by Gasteiger charge is 2.30. The van der Waals surface area contributed by atoms with Crippen molar-refractivity contribution >= 4 is 15.8 Å². The van der Waals surface area contributed by atoms with Crippen molar-refractivity contribution in [3.63, 3.8) is 0 Å². The van der Waals surface area contributed by atoms with Gasteiger partial charge in [0.25, 0.3) is 0 Å². The van der Waals surface area contributed by atoms with Crippen molar-refractivity contribution in [3.8, 4) is 0 Å². The summed E-state index contributed by atoms with van der Waals surface area (Å²) in [6.45, 7) is 0.683. The van der Waals surface area contributed by atoms with E-state index in [9.17, 15) is 13.2 Å². The highest BCUT2D eigenvalue weighted by atomic mass is 32.2. The number of carboxylic acid groups (broad SMARTS) is 1. The molecule has 7 heteroatoms. The van der Waals surface area contributed by atoms with Gasteiger partial charge in [0.2, 0.25) is 0 Å². The first-order valence-corrected chi connectivity index (χ1v) is 8.73. The van der Waals surface area contributed by atoms with E-state index in [-0.39, 0.29) is 23.3 Å². The molecule has 0 radical (unpaired) electrons. The van der Waals surface area contributed by atoms with E-state index < -0.39 is 15.8 Å². The molecule has 0 amide bonds. The van der Waals surface area contributed by atoms with Crippen LogP contribution in [0.2, 0.25) is 0 Å². The summed E-state index contributed by atoms with van der Waals surface area (Å²) >= 11 is 0. The fourth-order valence-corrected chi connectivity index (χ4v) is 4.99. The molecule has 0 bridgehead atoms. The van der Waals surface area contributed by atoms with Gasteiger partial charge in [-0.1, -0.05) is 0 Å². The van der Waals surface area contributed by atoms with Crippen LogP contribution in [0.15, 0.2) is 6.20 Å². The number of fused-ring (bicyclic) bond motifs is 1. The van der Waals surface area contributed by atoms with Crippen LogP contribution in [0.5, 0.6) is 0 Å². The number of carbonyl (C=O) groups is 1. The van der Waals surface area contributed by atoms with Gasteiger partial charge in [0, 0.05) is 19.2 Å². The number of imidazole rings is 1. The zero-order chi connectivity index (χ0) is 14.3. The van der Waals surface area contributed by atoms with Crippen LogP contribution < -0.4 is 0 Å². The lowest BCUT2D eigenvalue weighted by Crippen LogP contribution is -2.25. The second kappa shape index (κ2) is 4.87. The van der Waals surface area contributed by atoms with Crippen molar-refractivity contribution in [2.75, 3.05) is 11.5 Å². The Kier molecular flexibility index (Phi) is 3.32. The van der Waals surface area contributed by atoms with E-state index in [1.807, 2.05) is 10.8 Å². The third kappa shape index (κ3) is 2.72.